The number of aryl methyl sites for hydroxylation is 1. The molecule has 110 valence electrons. The normalized spacial score (nSPS) is 10.0. The summed E-state index contributed by atoms with van der Waals surface area (Å²) in [5, 5.41) is 13.0. The predicted octanol–water partition coefficient (Wildman–Crippen LogP) is 0.354. The molecule has 8 heteroatoms. The Morgan fingerprint density at radius 3 is 2.65 bits per heavy atom. The van der Waals surface area contributed by atoms with Gasteiger partial charge >= 0.3 is 12.0 Å². The number of imide groups is 1. The molecule has 1 heterocycles. The van der Waals surface area contributed by atoms with Crippen LogP contribution in [0.4, 0.5) is 4.79 Å². The van der Waals surface area contributed by atoms with Crippen LogP contribution in [0, 0.1) is 0 Å². The Bertz CT molecular complexity index is 444. The standard InChI is InChI=1S/C12H18N4O4/c17-10(3-4-11(18)19)15-12(20)14-5-1-2-7-16-8-6-13-9-16/h6,8-9H,1-5,7H2,(H,18,19)(H2,14,15,17,20). The average molecular weight is 282 g/mol. The van der Waals surface area contributed by atoms with E-state index in [2.05, 4.69) is 15.6 Å². The Morgan fingerprint density at radius 1 is 1.20 bits per heavy atom. The lowest BCUT2D eigenvalue weighted by atomic mass is 10.3. The summed E-state index contributed by atoms with van der Waals surface area (Å²) in [5.74, 6) is -1.66. The van der Waals surface area contributed by atoms with E-state index in [1.165, 1.54) is 0 Å². The van der Waals surface area contributed by atoms with Crippen LogP contribution in [0.5, 0.6) is 0 Å². The van der Waals surface area contributed by atoms with Gasteiger partial charge in [-0.15, -0.1) is 0 Å². The van der Waals surface area contributed by atoms with Gasteiger partial charge in [-0.25, -0.2) is 9.78 Å². The van der Waals surface area contributed by atoms with Crippen LogP contribution in [0.1, 0.15) is 25.7 Å². The highest BCUT2D eigenvalue weighted by Gasteiger charge is 2.08. The Balaban J connectivity index is 2.02. The third kappa shape index (κ3) is 7.14. The highest BCUT2D eigenvalue weighted by molar-refractivity contribution is 5.95. The first kappa shape index (κ1) is 15.7. The summed E-state index contributed by atoms with van der Waals surface area (Å²) in [6.07, 6.45) is 6.45. The van der Waals surface area contributed by atoms with Crippen LogP contribution in [-0.4, -0.2) is 39.1 Å². The molecule has 0 atom stereocenters. The van der Waals surface area contributed by atoms with Crippen molar-refractivity contribution in [1.29, 1.82) is 0 Å². The molecule has 0 aliphatic rings. The van der Waals surface area contributed by atoms with Gasteiger partial charge in [0.2, 0.25) is 5.91 Å². The maximum absolute atomic E-state index is 11.3. The Kier molecular flexibility index (Phi) is 6.80. The van der Waals surface area contributed by atoms with Crippen LogP contribution in [0.25, 0.3) is 0 Å². The number of rotatable bonds is 8. The van der Waals surface area contributed by atoms with Gasteiger partial charge in [0.05, 0.1) is 12.7 Å². The summed E-state index contributed by atoms with van der Waals surface area (Å²) >= 11 is 0. The second-order valence-corrected chi connectivity index (χ2v) is 4.21. The monoisotopic (exact) mass is 282 g/mol. The molecule has 0 aliphatic carbocycles. The molecule has 20 heavy (non-hydrogen) atoms. The van der Waals surface area contributed by atoms with Crippen LogP contribution in [0.15, 0.2) is 18.7 Å². The molecule has 0 aromatic carbocycles. The van der Waals surface area contributed by atoms with Gasteiger partial charge in [0.25, 0.3) is 0 Å². The number of carbonyl (C=O) groups excluding carboxylic acids is 2. The van der Waals surface area contributed by atoms with Crippen LogP contribution in [0.3, 0.4) is 0 Å². The minimum atomic E-state index is -1.07. The zero-order valence-electron chi connectivity index (χ0n) is 11.0. The van der Waals surface area contributed by atoms with Gasteiger partial charge in [-0.3, -0.25) is 14.9 Å². The summed E-state index contributed by atoms with van der Waals surface area (Å²) in [6, 6.07) is -0.594. The maximum Gasteiger partial charge on any atom is 0.321 e. The van der Waals surface area contributed by atoms with Gasteiger partial charge in [-0.1, -0.05) is 0 Å². The van der Waals surface area contributed by atoms with Crippen LogP contribution >= 0.6 is 0 Å². The number of amides is 3. The third-order valence-corrected chi connectivity index (χ3v) is 2.51. The lowest BCUT2D eigenvalue weighted by Gasteiger charge is -2.06. The lowest BCUT2D eigenvalue weighted by molar-refractivity contribution is -0.138. The molecule has 0 saturated heterocycles. The molecule has 1 rings (SSSR count). The maximum atomic E-state index is 11.3. The molecular formula is C12H18N4O4. The summed E-state index contributed by atoms with van der Waals surface area (Å²) in [5.41, 5.74) is 0. The van der Waals surface area contributed by atoms with Crippen molar-refractivity contribution in [1.82, 2.24) is 20.2 Å². The van der Waals surface area contributed by atoms with E-state index < -0.39 is 17.9 Å². The molecule has 0 spiro atoms. The smallest absolute Gasteiger partial charge is 0.321 e. The fourth-order valence-corrected chi connectivity index (χ4v) is 1.49. The van der Waals surface area contributed by atoms with Gasteiger partial charge in [0.15, 0.2) is 0 Å². The van der Waals surface area contributed by atoms with Crippen LogP contribution in [-0.2, 0) is 16.1 Å². The van der Waals surface area contributed by atoms with Gasteiger partial charge in [0, 0.05) is 31.9 Å². The van der Waals surface area contributed by atoms with Gasteiger partial charge in [-0.05, 0) is 12.8 Å². The van der Waals surface area contributed by atoms with Crippen molar-refractivity contribution < 1.29 is 19.5 Å². The molecule has 0 saturated carbocycles. The number of imidazole rings is 1. The van der Waals surface area contributed by atoms with E-state index >= 15 is 0 Å². The first-order valence-electron chi connectivity index (χ1n) is 6.33. The minimum absolute atomic E-state index is 0.205. The Labute approximate surface area is 116 Å². The van der Waals surface area contributed by atoms with Gasteiger partial charge in [0.1, 0.15) is 0 Å². The zero-order chi connectivity index (χ0) is 14.8. The Morgan fingerprint density at radius 2 is 2.00 bits per heavy atom. The summed E-state index contributed by atoms with van der Waals surface area (Å²) in [7, 11) is 0. The zero-order valence-corrected chi connectivity index (χ0v) is 11.0. The van der Waals surface area contributed by atoms with Crippen molar-refractivity contribution in [2.75, 3.05) is 6.54 Å². The van der Waals surface area contributed by atoms with Crippen LogP contribution in [0.2, 0.25) is 0 Å². The van der Waals surface area contributed by atoms with E-state index in [1.807, 2.05) is 10.8 Å². The molecule has 0 aliphatic heterocycles. The first-order valence-corrected chi connectivity index (χ1v) is 6.33. The number of unbranched alkanes of at least 4 members (excludes halogenated alkanes) is 1. The van der Waals surface area contributed by atoms with Crippen molar-refractivity contribution in [3.63, 3.8) is 0 Å². The van der Waals surface area contributed by atoms with Crippen molar-refractivity contribution >= 4 is 17.9 Å². The number of carbonyl (C=O) groups is 3. The number of nitrogens with zero attached hydrogens (tertiary/aromatic N) is 2. The van der Waals surface area contributed by atoms with E-state index in [0.717, 1.165) is 19.4 Å². The number of aromatic nitrogens is 2. The number of carboxylic acid groups (broad SMARTS) is 1. The van der Waals surface area contributed by atoms with Crippen LogP contribution < -0.4 is 10.6 Å². The molecule has 8 nitrogen and oxygen atoms in total. The predicted molar refractivity (Wildman–Crippen MR) is 69.9 cm³/mol. The molecule has 0 fully saturated rings. The molecule has 3 amide bonds. The molecular weight excluding hydrogens is 264 g/mol. The Hall–Kier alpha value is -2.38. The van der Waals surface area contributed by atoms with E-state index in [4.69, 9.17) is 5.11 Å². The van der Waals surface area contributed by atoms with E-state index in [9.17, 15) is 14.4 Å². The largest absolute Gasteiger partial charge is 0.481 e. The van der Waals surface area contributed by atoms with Crippen molar-refractivity contribution in [2.45, 2.75) is 32.2 Å². The number of hydrogen-bond acceptors (Lipinski definition) is 4. The van der Waals surface area contributed by atoms with Gasteiger partial charge < -0.3 is 15.0 Å². The highest BCUT2D eigenvalue weighted by atomic mass is 16.4. The number of urea groups is 1. The molecule has 1 aromatic rings. The topological polar surface area (TPSA) is 113 Å². The highest BCUT2D eigenvalue weighted by Crippen LogP contribution is 1.94. The molecule has 0 unspecified atom stereocenters. The first-order chi connectivity index (χ1) is 9.58. The summed E-state index contributed by atoms with van der Waals surface area (Å²) in [6.45, 7) is 1.27. The average Bonchev–Trinajstić information content (AvgIpc) is 2.89. The molecule has 1 aromatic heterocycles. The summed E-state index contributed by atoms with van der Waals surface area (Å²) < 4.78 is 1.94. The molecule has 0 bridgehead atoms. The van der Waals surface area contributed by atoms with Crippen molar-refractivity contribution in [3.05, 3.63) is 18.7 Å². The van der Waals surface area contributed by atoms with E-state index in [1.54, 1.807) is 12.5 Å². The molecule has 0 radical (unpaired) electrons. The lowest BCUT2D eigenvalue weighted by Crippen LogP contribution is -2.39. The van der Waals surface area contributed by atoms with Crippen molar-refractivity contribution in [2.24, 2.45) is 0 Å². The second kappa shape index (κ2) is 8.68. The number of hydrogen-bond donors (Lipinski definition) is 3. The third-order valence-electron chi connectivity index (χ3n) is 2.51. The van der Waals surface area contributed by atoms with Gasteiger partial charge in [-0.2, -0.15) is 0 Å². The number of nitrogens with one attached hydrogen (secondary N) is 2. The number of aliphatic carboxylic acids is 1. The van der Waals surface area contributed by atoms with Crippen molar-refractivity contribution in [3.8, 4) is 0 Å². The minimum Gasteiger partial charge on any atom is -0.481 e. The SMILES string of the molecule is O=C(O)CCC(=O)NC(=O)NCCCCn1ccnc1. The van der Waals surface area contributed by atoms with E-state index in [-0.39, 0.29) is 12.8 Å². The quantitative estimate of drug-likeness (QED) is 0.595. The summed E-state index contributed by atoms with van der Waals surface area (Å²) in [4.78, 5) is 36.6. The molecule has 3 N–H and O–H groups in total. The fourth-order valence-electron chi connectivity index (χ4n) is 1.49. The number of carboxylic acids is 1. The second-order valence-electron chi connectivity index (χ2n) is 4.21. The fraction of sp³-hybridized carbons (Fsp3) is 0.500. The van der Waals surface area contributed by atoms with E-state index in [0.29, 0.717) is 6.54 Å².